The molecule has 0 aliphatic rings. The summed E-state index contributed by atoms with van der Waals surface area (Å²) in [4.78, 5) is 0. The van der Waals surface area contributed by atoms with Gasteiger partial charge in [-0.05, 0) is 0 Å². The first-order valence-electron chi connectivity index (χ1n) is 8.53. The van der Waals surface area contributed by atoms with Gasteiger partial charge in [0.2, 0.25) is 0 Å². The van der Waals surface area contributed by atoms with Crippen LogP contribution >= 0.6 is 0 Å². The number of nitrogens with zero attached hydrogens (tertiary/aromatic N) is 2. The quantitative estimate of drug-likeness (QED) is 0.415. The Labute approximate surface area is 136 Å². The molecule has 0 radical (unpaired) electrons. The zero-order valence-corrected chi connectivity index (χ0v) is 16.9. The fourth-order valence-electron chi connectivity index (χ4n) is 2.98. The van der Waals surface area contributed by atoms with Gasteiger partial charge in [0.05, 0.1) is 0 Å². The third kappa shape index (κ3) is 5.46. The van der Waals surface area contributed by atoms with Crippen molar-refractivity contribution in [2.24, 2.45) is 0 Å². The maximum atomic E-state index is 12.9. The van der Waals surface area contributed by atoms with Gasteiger partial charge in [0.25, 0.3) is 0 Å². The van der Waals surface area contributed by atoms with Gasteiger partial charge in [0, 0.05) is 0 Å². The van der Waals surface area contributed by atoms with Crippen LogP contribution in [0.4, 0.5) is 13.2 Å². The zero-order valence-electron chi connectivity index (χ0n) is 14.0. The third-order valence-corrected chi connectivity index (χ3v) is 18.8. The van der Waals surface area contributed by atoms with Crippen molar-refractivity contribution in [3.63, 3.8) is 0 Å². The summed E-state index contributed by atoms with van der Waals surface area (Å²) >= 11 is -2.87. The van der Waals surface area contributed by atoms with E-state index in [-0.39, 0.29) is 0 Å². The van der Waals surface area contributed by atoms with Crippen molar-refractivity contribution in [1.29, 1.82) is 0 Å². The first kappa shape index (κ1) is 19.8. The fourth-order valence-corrected chi connectivity index (χ4v) is 17.8. The minimum absolute atomic E-state index is 0.724. The van der Waals surface area contributed by atoms with Crippen molar-refractivity contribution < 1.29 is 13.2 Å². The van der Waals surface area contributed by atoms with E-state index in [1.807, 2.05) is 2.90 Å². The number of rotatable bonds is 10. The molecule has 1 heterocycles. The van der Waals surface area contributed by atoms with Crippen LogP contribution < -0.4 is 0 Å². The molecule has 22 heavy (non-hydrogen) atoms. The molecular formula is C16H29F3N2Sn. The third-order valence-electron chi connectivity index (χ3n) is 4.35. The Kier molecular flexibility index (Phi) is 8.28. The molecule has 128 valence electrons. The molecule has 0 N–H and O–H groups in total. The first-order valence-corrected chi connectivity index (χ1v) is 15.9. The van der Waals surface area contributed by atoms with Crippen LogP contribution in [0.5, 0.6) is 0 Å². The SMILES string of the molecule is CCC[CH2][Sn]([CH2]CCC)([CH2]CCC)[n]1ccc(C(F)(F)F)n1. The van der Waals surface area contributed by atoms with E-state index in [0.29, 0.717) is 0 Å². The van der Waals surface area contributed by atoms with Crippen molar-refractivity contribution in [3.8, 4) is 0 Å². The van der Waals surface area contributed by atoms with Crippen molar-refractivity contribution in [1.82, 2.24) is 8.00 Å². The Hall–Kier alpha value is -0.201. The summed E-state index contributed by atoms with van der Waals surface area (Å²) in [5.41, 5.74) is -0.724. The van der Waals surface area contributed by atoms with E-state index in [0.717, 1.165) is 57.9 Å². The zero-order chi connectivity index (χ0) is 16.6. The number of unbranched alkanes of at least 4 members (excludes halogenated alkanes) is 3. The fraction of sp³-hybridized carbons (Fsp3) is 0.812. The van der Waals surface area contributed by atoms with Crippen LogP contribution in [0.1, 0.15) is 65.0 Å². The topological polar surface area (TPSA) is 17.8 Å². The summed E-state index contributed by atoms with van der Waals surface area (Å²) in [5, 5.41) is 4.00. The Balaban J connectivity index is 3.10. The van der Waals surface area contributed by atoms with Gasteiger partial charge in [-0.2, -0.15) is 0 Å². The van der Waals surface area contributed by atoms with Crippen LogP contribution in [-0.4, -0.2) is 26.7 Å². The van der Waals surface area contributed by atoms with Crippen LogP contribution in [0.25, 0.3) is 0 Å². The van der Waals surface area contributed by atoms with E-state index in [9.17, 15) is 13.2 Å². The number of halogens is 3. The van der Waals surface area contributed by atoms with E-state index >= 15 is 0 Å². The Morgan fingerprint density at radius 2 is 1.41 bits per heavy atom. The summed E-state index contributed by atoms with van der Waals surface area (Å²) in [5.74, 6) is 0. The maximum absolute atomic E-state index is 12.9. The first-order chi connectivity index (χ1) is 10.4. The van der Waals surface area contributed by atoms with Crippen molar-refractivity contribution in [2.45, 2.75) is 78.8 Å². The Morgan fingerprint density at radius 3 is 1.73 bits per heavy atom. The van der Waals surface area contributed by atoms with Gasteiger partial charge in [-0.1, -0.05) is 0 Å². The normalized spacial score (nSPS) is 12.8. The molecule has 0 bridgehead atoms. The molecule has 1 aromatic rings. The number of aromatic nitrogens is 2. The van der Waals surface area contributed by atoms with Gasteiger partial charge >= 0.3 is 137 Å². The van der Waals surface area contributed by atoms with Crippen molar-refractivity contribution in [3.05, 3.63) is 18.0 Å². The van der Waals surface area contributed by atoms with Crippen LogP contribution in [-0.2, 0) is 6.18 Å². The van der Waals surface area contributed by atoms with E-state index < -0.39 is 30.5 Å². The average Bonchev–Trinajstić information content (AvgIpc) is 2.97. The molecule has 0 aliphatic carbocycles. The summed E-state index contributed by atoms with van der Waals surface area (Å²) in [6.07, 6.45) is 3.95. The molecule has 0 unspecified atom stereocenters. The van der Waals surface area contributed by atoms with Crippen molar-refractivity contribution in [2.75, 3.05) is 0 Å². The van der Waals surface area contributed by atoms with E-state index in [1.165, 1.54) is 0 Å². The molecule has 1 aromatic heterocycles. The molecule has 0 spiro atoms. The summed E-state index contributed by atoms with van der Waals surface area (Å²) in [6, 6.07) is 1.16. The second kappa shape index (κ2) is 9.18. The predicted octanol–water partition coefficient (Wildman–Crippen LogP) is 6.10. The number of alkyl halides is 3. The monoisotopic (exact) mass is 426 g/mol. The molecule has 0 saturated heterocycles. The summed E-state index contributed by atoms with van der Waals surface area (Å²) in [6.45, 7) is 6.46. The average molecular weight is 425 g/mol. The van der Waals surface area contributed by atoms with Crippen LogP contribution in [0.3, 0.4) is 0 Å². The van der Waals surface area contributed by atoms with Gasteiger partial charge in [-0.3, -0.25) is 0 Å². The van der Waals surface area contributed by atoms with Crippen molar-refractivity contribution >= 4 is 18.7 Å². The Bertz CT molecular complexity index is 407. The number of hydrogen-bond acceptors (Lipinski definition) is 1. The van der Waals surface area contributed by atoms with Gasteiger partial charge in [-0.25, -0.2) is 0 Å². The molecular weight excluding hydrogens is 396 g/mol. The molecule has 0 fully saturated rings. The predicted molar refractivity (Wildman–Crippen MR) is 87.5 cm³/mol. The molecule has 2 nitrogen and oxygen atoms in total. The van der Waals surface area contributed by atoms with Gasteiger partial charge in [0.1, 0.15) is 0 Å². The second-order valence-electron chi connectivity index (χ2n) is 6.18. The molecule has 0 amide bonds. The molecule has 0 atom stereocenters. The minimum atomic E-state index is -4.33. The van der Waals surface area contributed by atoms with Gasteiger partial charge in [-0.15, -0.1) is 0 Å². The van der Waals surface area contributed by atoms with Crippen LogP contribution in [0, 0.1) is 0 Å². The van der Waals surface area contributed by atoms with Gasteiger partial charge in [0.15, 0.2) is 0 Å². The van der Waals surface area contributed by atoms with Crippen LogP contribution in [0.2, 0.25) is 13.3 Å². The Morgan fingerprint density at radius 1 is 0.955 bits per heavy atom. The van der Waals surface area contributed by atoms with Gasteiger partial charge < -0.3 is 0 Å². The van der Waals surface area contributed by atoms with E-state index in [1.54, 1.807) is 6.20 Å². The molecule has 6 heteroatoms. The summed E-state index contributed by atoms with van der Waals surface area (Å²) < 4.78 is 43.9. The second-order valence-corrected chi connectivity index (χ2v) is 18.8. The molecule has 1 rings (SSSR count). The molecule has 0 aromatic carbocycles. The number of hydrogen-bond donors (Lipinski definition) is 0. The van der Waals surface area contributed by atoms with E-state index in [2.05, 4.69) is 25.9 Å². The van der Waals surface area contributed by atoms with E-state index in [4.69, 9.17) is 0 Å². The van der Waals surface area contributed by atoms with Crippen LogP contribution in [0.15, 0.2) is 12.3 Å². The summed E-state index contributed by atoms with van der Waals surface area (Å²) in [7, 11) is 0. The molecule has 0 saturated carbocycles. The molecule has 0 aliphatic heterocycles. The standard InChI is InChI=1S/C4H2F3N2.3C4H9.Sn/c5-4(6,7)3-1-2-8-9-3;3*1-3-4-2;/h1-2H;3*1,3-4H2,2H3;/q-1;;;;+1.